The van der Waals surface area contributed by atoms with Crippen LogP contribution in [0.1, 0.15) is 15.2 Å². The molecule has 0 saturated heterocycles. The van der Waals surface area contributed by atoms with Crippen LogP contribution >= 0.6 is 34.5 Å². The smallest absolute Gasteiger partial charge is 0.348 e. The minimum Gasteiger partial charge on any atom is -0.459 e. The molecule has 2 heterocycles. The quantitative estimate of drug-likeness (QED) is 0.461. The van der Waals surface area contributed by atoms with Gasteiger partial charge in [0.1, 0.15) is 28.5 Å². The molecule has 3 rings (SSSR count). The first kappa shape index (κ1) is 18.8. The summed E-state index contributed by atoms with van der Waals surface area (Å²) in [5.41, 5.74) is 1.28. The van der Waals surface area contributed by atoms with Gasteiger partial charge in [0, 0.05) is 7.11 Å². The predicted octanol–water partition coefficient (Wildman–Crippen LogP) is 4.85. The monoisotopic (exact) mass is 411 g/mol. The summed E-state index contributed by atoms with van der Waals surface area (Å²) >= 11 is 13.7. The second kappa shape index (κ2) is 8.18. The number of methoxy groups -OCH3 is 1. The number of esters is 1. The summed E-state index contributed by atoms with van der Waals surface area (Å²) in [6.07, 6.45) is 1.42. The molecule has 1 aromatic carbocycles. The molecule has 6 nitrogen and oxygen atoms in total. The number of anilines is 2. The van der Waals surface area contributed by atoms with Crippen LogP contribution in [0.2, 0.25) is 10.0 Å². The van der Waals surface area contributed by atoms with Crippen LogP contribution in [0.4, 0.5) is 11.5 Å². The molecule has 0 radical (unpaired) electrons. The number of nitrogens with zero attached hydrogens (tertiary/aromatic N) is 2. The highest BCUT2D eigenvalue weighted by Gasteiger charge is 2.21. The average Bonchev–Trinajstić information content (AvgIpc) is 2.96. The van der Waals surface area contributed by atoms with E-state index in [9.17, 15) is 4.79 Å². The van der Waals surface area contributed by atoms with Crippen molar-refractivity contribution >= 4 is 62.2 Å². The first-order valence-corrected chi connectivity index (χ1v) is 9.21. The van der Waals surface area contributed by atoms with Crippen molar-refractivity contribution in [1.82, 2.24) is 9.97 Å². The van der Waals surface area contributed by atoms with Gasteiger partial charge in [-0.05, 0) is 24.6 Å². The third-order valence-corrected chi connectivity index (χ3v) is 5.45. The molecule has 0 amide bonds. The van der Waals surface area contributed by atoms with Gasteiger partial charge in [-0.1, -0.05) is 29.3 Å². The molecule has 0 spiro atoms. The Bertz CT molecular complexity index is 942. The molecule has 0 unspecified atom stereocenters. The number of hydrogen-bond donors (Lipinski definition) is 1. The van der Waals surface area contributed by atoms with Gasteiger partial charge in [-0.2, -0.15) is 0 Å². The number of carbonyl (C=O) groups is 1. The van der Waals surface area contributed by atoms with Crippen LogP contribution in [-0.4, -0.2) is 36.3 Å². The molecule has 0 saturated carbocycles. The van der Waals surface area contributed by atoms with E-state index in [1.54, 1.807) is 25.3 Å². The molecule has 0 bridgehead atoms. The second-order valence-corrected chi connectivity index (χ2v) is 7.12. The normalized spacial score (nSPS) is 10.9. The Kier molecular flexibility index (Phi) is 5.93. The lowest BCUT2D eigenvalue weighted by Gasteiger charge is -2.10. The van der Waals surface area contributed by atoms with Crippen LogP contribution in [0.15, 0.2) is 24.5 Å². The fourth-order valence-electron chi connectivity index (χ4n) is 2.38. The number of hydrogen-bond acceptors (Lipinski definition) is 7. The number of nitrogens with one attached hydrogen (secondary N) is 1. The molecular weight excluding hydrogens is 397 g/mol. The van der Waals surface area contributed by atoms with Crippen molar-refractivity contribution in [2.45, 2.75) is 6.92 Å². The lowest BCUT2D eigenvalue weighted by Crippen LogP contribution is -2.09. The molecule has 0 aliphatic heterocycles. The van der Waals surface area contributed by atoms with Crippen LogP contribution in [0, 0.1) is 6.92 Å². The van der Waals surface area contributed by atoms with Gasteiger partial charge < -0.3 is 14.8 Å². The molecule has 0 aliphatic carbocycles. The van der Waals surface area contributed by atoms with E-state index < -0.39 is 5.97 Å². The number of carbonyl (C=O) groups excluding carboxylic acids is 1. The van der Waals surface area contributed by atoms with Crippen LogP contribution in [0.5, 0.6) is 0 Å². The summed E-state index contributed by atoms with van der Waals surface area (Å²) in [7, 11) is 1.55. The fraction of sp³-hybridized carbons (Fsp3) is 0.235. The standard InChI is InChI=1S/C17H15Cl2N3O3S/c1-9-12-15(22-13-10(18)4-3-5-11(13)19)20-8-21-16(12)26-14(9)17(23)25-7-6-24-2/h3-5,8H,6-7H2,1-2H3,(H,20,21,22). The molecule has 26 heavy (non-hydrogen) atoms. The van der Waals surface area contributed by atoms with E-state index in [0.29, 0.717) is 37.9 Å². The first-order chi connectivity index (χ1) is 12.5. The number of rotatable bonds is 6. The maximum absolute atomic E-state index is 12.3. The zero-order chi connectivity index (χ0) is 18.7. The van der Waals surface area contributed by atoms with E-state index in [1.165, 1.54) is 17.7 Å². The second-order valence-electron chi connectivity index (χ2n) is 5.31. The molecule has 0 fully saturated rings. The van der Waals surface area contributed by atoms with Crippen molar-refractivity contribution in [3.05, 3.63) is 45.0 Å². The average molecular weight is 412 g/mol. The van der Waals surface area contributed by atoms with E-state index in [4.69, 9.17) is 32.7 Å². The largest absolute Gasteiger partial charge is 0.459 e. The zero-order valence-electron chi connectivity index (χ0n) is 14.0. The van der Waals surface area contributed by atoms with E-state index in [-0.39, 0.29) is 6.61 Å². The van der Waals surface area contributed by atoms with Crippen molar-refractivity contribution in [2.75, 3.05) is 25.6 Å². The lowest BCUT2D eigenvalue weighted by atomic mass is 10.2. The predicted molar refractivity (Wildman–Crippen MR) is 104 cm³/mol. The summed E-state index contributed by atoms with van der Waals surface area (Å²) in [6, 6.07) is 5.22. The highest BCUT2D eigenvalue weighted by atomic mass is 35.5. The van der Waals surface area contributed by atoms with Crippen molar-refractivity contribution in [3.63, 3.8) is 0 Å². The molecule has 3 aromatic rings. The minimum absolute atomic E-state index is 0.190. The van der Waals surface area contributed by atoms with Crippen molar-refractivity contribution in [1.29, 1.82) is 0 Å². The molecule has 9 heteroatoms. The number of thiophene rings is 1. The molecule has 136 valence electrons. The summed E-state index contributed by atoms with van der Waals surface area (Å²) in [5, 5.41) is 4.81. The van der Waals surface area contributed by atoms with Gasteiger partial charge in [0.25, 0.3) is 0 Å². The SMILES string of the molecule is COCCOC(=O)c1sc2ncnc(Nc3c(Cl)cccc3Cl)c2c1C. The fourth-order valence-corrected chi connectivity index (χ4v) is 3.91. The van der Waals surface area contributed by atoms with Crippen molar-refractivity contribution in [2.24, 2.45) is 0 Å². The van der Waals surface area contributed by atoms with Gasteiger partial charge in [-0.15, -0.1) is 11.3 Å². The summed E-state index contributed by atoms with van der Waals surface area (Å²) in [6.45, 7) is 2.36. The lowest BCUT2D eigenvalue weighted by molar-refractivity contribution is 0.0393. The summed E-state index contributed by atoms with van der Waals surface area (Å²) in [5.74, 6) is 0.110. The van der Waals surface area contributed by atoms with Crippen LogP contribution in [-0.2, 0) is 9.47 Å². The van der Waals surface area contributed by atoms with Gasteiger partial charge >= 0.3 is 5.97 Å². The maximum Gasteiger partial charge on any atom is 0.348 e. The molecule has 2 aromatic heterocycles. The van der Waals surface area contributed by atoms with Gasteiger partial charge in [0.15, 0.2) is 0 Å². The molecule has 0 aliphatic rings. The molecular formula is C17H15Cl2N3O3S. The number of aromatic nitrogens is 2. The highest BCUT2D eigenvalue weighted by Crippen LogP contribution is 2.38. The minimum atomic E-state index is -0.413. The Labute approximate surface area is 164 Å². The van der Waals surface area contributed by atoms with Crippen LogP contribution in [0.25, 0.3) is 10.2 Å². The number of aryl methyl sites for hydroxylation is 1. The Balaban J connectivity index is 1.99. The van der Waals surface area contributed by atoms with Crippen molar-refractivity contribution < 1.29 is 14.3 Å². The van der Waals surface area contributed by atoms with Crippen LogP contribution in [0.3, 0.4) is 0 Å². The van der Waals surface area contributed by atoms with E-state index >= 15 is 0 Å². The van der Waals surface area contributed by atoms with E-state index in [1.807, 2.05) is 6.92 Å². The number of fused-ring (bicyclic) bond motifs is 1. The Morgan fingerprint density at radius 1 is 1.23 bits per heavy atom. The number of halogens is 2. The molecule has 0 atom stereocenters. The number of benzene rings is 1. The van der Waals surface area contributed by atoms with E-state index in [0.717, 1.165) is 10.9 Å². The zero-order valence-corrected chi connectivity index (χ0v) is 16.3. The van der Waals surface area contributed by atoms with Gasteiger partial charge in [0.05, 0.1) is 27.7 Å². The topological polar surface area (TPSA) is 73.3 Å². The maximum atomic E-state index is 12.3. The summed E-state index contributed by atoms with van der Waals surface area (Å²) < 4.78 is 10.1. The van der Waals surface area contributed by atoms with Gasteiger partial charge in [0.2, 0.25) is 0 Å². The Morgan fingerprint density at radius 2 is 1.96 bits per heavy atom. The van der Waals surface area contributed by atoms with Gasteiger partial charge in [-0.25, -0.2) is 14.8 Å². The number of para-hydroxylation sites is 1. The third-order valence-electron chi connectivity index (χ3n) is 3.64. The molecule has 1 N–H and O–H groups in total. The van der Waals surface area contributed by atoms with Gasteiger partial charge in [-0.3, -0.25) is 0 Å². The van der Waals surface area contributed by atoms with E-state index in [2.05, 4.69) is 15.3 Å². The number of ether oxygens (including phenoxy) is 2. The highest BCUT2D eigenvalue weighted by molar-refractivity contribution is 7.20. The first-order valence-electron chi connectivity index (χ1n) is 7.64. The van der Waals surface area contributed by atoms with Crippen LogP contribution < -0.4 is 5.32 Å². The Morgan fingerprint density at radius 3 is 2.65 bits per heavy atom. The third kappa shape index (κ3) is 3.76. The Hall–Kier alpha value is -1.93. The summed E-state index contributed by atoms with van der Waals surface area (Å²) in [4.78, 5) is 22.0. The van der Waals surface area contributed by atoms with Crippen molar-refractivity contribution in [3.8, 4) is 0 Å².